The second-order valence-electron chi connectivity index (χ2n) is 6.34. The van der Waals surface area contributed by atoms with Crippen molar-refractivity contribution in [3.8, 4) is 0 Å². The molecule has 2 aliphatic rings. The second kappa shape index (κ2) is 5.24. The maximum absolute atomic E-state index is 5.87. The molecule has 3 N–H and O–H groups in total. The molecular formula is C18H21N3. The third-order valence-electron chi connectivity index (χ3n) is 5.25. The van der Waals surface area contributed by atoms with Gasteiger partial charge in [-0.25, -0.2) is 0 Å². The standard InChI is InChI=1S/C18H21N3/c19-21-16(10-12-4-3-9-20-11-12)18-15-8-7-13-5-1-2-6-14(13)17(15)18/h1-6,9,11,15-18,21H,7-8,10,19H2. The van der Waals surface area contributed by atoms with Gasteiger partial charge in [0.15, 0.2) is 0 Å². The molecule has 1 heterocycles. The molecule has 0 bridgehead atoms. The van der Waals surface area contributed by atoms with Crippen molar-refractivity contribution < 1.29 is 0 Å². The third kappa shape index (κ3) is 2.27. The van der Waals surface area contributed by atoms with Crippen LogP contribution in [0, 0.1) is 11.8 Å². The van der Waals surface area contributed by atoms with E-state index in [0.717, 1.165) is 12.3 Å². The first-order valence-corrected chi connectivity index (χ1v) is 7.81. The number of aryl methyl sites for hydroxylation is 1. The fourth-order valence-electron chi connectivity index (χ4n) is 4.25. The highest BCUT2D eigenvalue weighted by atomic mass is 15.2. The van der Waals surface area contributed by atoms with Crippen molar-refractivity contribution >= 4 is 0 Å². The van der Waals surface area contributed by atoms with Gasteiger partial charge >= 0.3 is 0 Å². The highest BCUT2D eigenvalue weighted by molar-refractivity contribution is 5.40. The van der Waals surface area contributed by atoms with Crippen LogP contribution in [-0.4, -0.2) is 11.0 Å². The molecule has 0 amide bonds. The smallest absolute Gasteiger partial charge is 0.0300 e. The van der Waals surface area contributed by atoms with Crippen LogP contribution in [0.1, 0.15) is 29.0 Å². The third-order valence-corrected chi connectivity index (χ3v) is 5.25. The zero-order valence-electron chi connectivity index (χ0n) is 12.1. The van der Waals surface area contributed by atoms with E-state index in [1.165, 1.54) is 18.4 Å². The van der Waals surface area contributed by atoms with Gasteiger partial charge in [0.05, 0.1) is 0 Å². The van der Waals surface area contributed by atoms with E-state index >= 15 is 0 Å². The minimum Gasteiger partial charge on any atom is -0.271 e. The van der Waals surface area contributed by atoms with Gasteiger partial charge in [0, 0.05) is 18.4 Å². The Kier molecular flexibility index (Phi) is 3.24. The van der Waals surface area contributed by atoms with Gasteiger partial charge in [0.25, 0.3) is 0 Å². The predicted molar refractivity (Wildman–Crippen MR) is 83.5 cm³/mol. The lowest BCUT2D eigenvalue weighted by atomic mass is 9.92. The van der Waals surface area contributed by atoms with Gasteiger partial charge in [-0.3, -0.25) is 16.3 Å². The summed E-state index contributed by atoms with van der Waals surface area (Å²) in [6.07, 6.45) is 7.26. The molecule has 108 valence electrons. The van der Waals surface area contributed by atoms with Crippen LogP contribution < -0.4 is 11.3 Å². The summed E-state index contributed by atoms with van der Waals surface area (Å²) in [6.45, 7) is 0. The molecule has 1 fully saturated rings. The van der Waals surface area contributed by atoms with Gasteiger partial charge in [-0.15, -0.1) is 0 Å². The van der Waals surface area contributed by atoms with Crippen molar-refractivity contribution in [1.29, 1.82) is 0 Å². The van der Waals surface area contributed by atoms with E-state index < -0.39 is 0 Å². The van der Waals surface area contributed by atoms with Crippen LogP contribution >= 0.6 is 0 Å². The number of benzene rings is 1. The zero-order chi connectivity index (χ0) is 14.2. The van der Waals surface area contributed by atoms with E-state index in [1.807, 2.05) is 18.5 Å². The molecule has 1 aromatic heterocycles. The molecule has 0 saturated heterocycles. The Morgan fingerprint density at radius 2 is 2.14 bits per heavy atom. The van der Waals surface area contributed by atoms with E-state index in [2.05, 4.69) is 40.7 Å². The molecule has 21 heavy (non-hydrogen) atoms. The monoisotopic (exact) mass is 279 g/mol. The molecule has 4 rings (SSSR count). The van der Waals surface area contributed by atoms with Gasteiger partial charge in [0.1, 0.15) is 0 Å². The Balaban J connectivity index is 1.55. The quantitative estimate of drug-likeness (QED) is 0.667. The molecule has 0 spiro atoms. The van der Waals surface area contributed by atoms with Crippen LogP contribution in [0.15, 0.2) is 48.8 Å². The Morgan fingerprint density at radius 1 is 1.24 bits per heavy atom. The first kappa shape index (κ1) is 13.0. The zero-order valence-corrected chi connectivity index (χ0v) is 12.1. The van der Waals surface area contributed by atoms with E-state index in [1.54, 1.807) is 11.1 Å². The number of hydrogen-bond donors (Lipinski definition) is 2. The molecule has 2 aliphatic carbocycles. The number of rotatable bonds is 4. The topological polar surface area (TPSA) is 50.9 Å². The minimum atomic E-state index is 0.343. The van der Waals surface area contributed by atoms with Gasteiger partial charge < -0.3 is 0 Å². The first-order valence-electron chi connectivity index (χ1n) is 7.81. The summed E-state index contributed by atoms with van der Waals surface area (Å²) in [7, 11) is 0. The van der Waals surface area contributed by atoms with Crippen LogP contribution in [0.2, 0.25) is 0 Å². The van der Waals surface area contributed by atoms with E-state index in [4.69, 9.17) is 5.84 Å². The number of fused-ring (bicyclic) bond motifs is 3. The fourth-order valence-corrected chi connectivity index (χ4v) is 4.25. The van der Waals surface area contributed by atoms with Crippen LogP contribution in [0.5, 0.6) is 0 Å². The number of nitrogens with zero attached hydrogens (tertiary/aromatic N) is 1. The van der Waals surface area contributed by atoms with Gasteiger partial charge in [-0.1, -0.05) is 30.3 Å². The lowest BCUT2D eigenvalue weighted by Crippen LogP contribution is -2.39. The summed E-state index contributed by atoms with van der Waals surface area (Å²) in [5.41, 5.74) is 7.43. The van der Waals surface area contributed by atoms with Gasteiger partial charge in [0.2, 0.25) is 0 Å². The minimum absolute atomic E-state index is 0.343. The maximum atomic E-state index is 5.87. The summed E-state index contributed by atoms with van der Waals surface area (Å²) in [5.74, 6) is 8.04. The van der Waals surface area contributed by atoms with Crippen molar-refractivity contribution in [1.82, 2.24) is 10.4 Å². The van der Waals surface area contributed by atoms with Gasteiger partial charge in [-0.05, 0) is 59.8 Å². The predicted octanol–water partition coefficient (Wildman–Crippen LogP) is 2.43. The molecule has 4 unspecified atom stereocenters. The van der Waals surface area contributed by atoms with E-state index in [-0.39, 0.29) is 0 Å². The highest BCUT2D eigenvalue weighted by Crippen LogP contribution is 2.61. The van der Waals surface area contributed by atoms with Crippen molar-refractivity contribution in [2.24, 2.45) is 17.7 Å². The van der Waals surface area contributed by atoms with Crippen LogP contribution in [-0.2, 0) is 12.8 Å². The van der Waals surface area contributed by atoms with Crippen LogP contribution in [0.4, 0.5) is 0 Å². The fraction of sp³-hybridized carbons (Fsp3) is 0.389. The Labute approximate surface area is 125 Å². The molecule has 1 saturated carbocycles. The molecule has 3 nitrogen and oxygen atoms in total. The molecule has 4 atom stereocenters. The van der Waals surface area contributed by atoms with Gasteiger partial charge in [-0.2, -0.15) is 0 Å². The Hall–Kier alpha value is -1.71. The Morgan fingerprint density at radius 3 is 2.95 bits per heavy atom. The summed E-state index contributed by atoms with van der Waals surface area (Å²) < 4.78 is 0. The number of nitrogens with two attached hydrogens (primary N) is 1. The first-order chi connectivity index (χ1) is 10.4. The molecule has 2 aromatic rings. The molecule has 0 radical (unpaired) electrons. The van der Waals surface area contributed by atoms with Crippen LogP contribution in [0.25, 0.3) is 0 Å². The summed E-state index contributed by atoms with van der Waals surface area (Å²) in [4.78, 5) is 4.21. The van der Waals surface area contributed by atoms with Crippen LogP contribution in [0.3, 0.4) is 0 Å². The molecule has 1 aromatic carbocycles. The van der Waals surface area contributed by atoms with Crippen molar-refractivity contribution in [2.75, 3.05) is 0 Å². The Bertz CT molecular complexity index is 625. The summed E-state index contributed by atoms with van der Waals surface area (Å²) in [5, 5.41) is 0. The molecule has 0 aliphatic heterocycles. The normalized spacial score (nSPS) is 27.6. The maximum Gasteiger partial charge on any atom is 0.0300 e. The number of hydrazine groups is 1. The average molecular weight is 279 g/mol. The van der Waals surface area contributed by atoms with Crippen molar-refractivity contribution in [3.05, 3.63) is 65.5 Å². The summed E-state index contributed by atoms with van der Waals surface area (Å²) >= 11 is 0. The van der Waals surface area contributed by atoms with Crippen molar-refractivity contribution in [2.45, 2.75) is 31.2 Å². The SMILES string of the molecule is NNC(Cc1cccnc1)C1C2CCc3ccccc3C21. The second-order valence-corrected chi connectivity index (χ2v) is 6.34. The summed E-state index contributed by atoms with van der Waals surface area (Å²) in [6, 6.07) is 13.4. The largest absolute Gasteiger partial charge is 0.271 e. The number of pyridine rings is 1. The lowest BCUT2D eigenvalue weighted by Gasteiger charge is -2.16. The molecular weight excluding hydrogens is 258 g/mol. The average Bonchev–Trinajstić information content (AvgIpc) is 3.28. The highest BCUT2D eigenvalue weighted by Gasteiger charge is 2.55. The number of aromatic nitrogens is 1. The van der Waals surface area contributed by atoms with E-state index in [9.17, 15) is 0 Å². The van der Waals surface area contributed by atoms with Crippen molar-refractivity contribution in [3.63, 3.8) is 0 Å². The van der Waals surface area contributed by atoms with E-state index in [0.29, 0.717) is 17.9 Å². The molecule has 3 heteroatoms. The number of nitrogens with one attached hydrogen (secondary N) is 1. The lowest BCUT2D eigenvalue weighted by molar-refractivity contribution is 0.440. The number of hydrogen-bond acceptors (Lipinski definition) is 3.